The number of halogens is 1. The van der Waals surface area contributed by atoms with Gasteiger partial charge in [-0.1, -0.05) is 35.9 Å². The Labute approximate surface area is 139 Å². The van der Waals surface area contributed by atoms with Gasteiger partial charge in [0, 0.05) is 0 Å². The van der Waals surface area contributed by atoms with Crippen LogP contribution in [0, 0.1) is 11.3 Å². The summed E-state index contributed by atoms with van der Waals surface area (Å²) in [7, 11) is -3.93. The number of benzene rings is 2. The van der Waals surface area contributed by atoms with Crippen molar-refractivity contribution < 1.29 is 12.6 Å². The minimum atomic E-state index is -3.93. The summed E-state index contributed by atoms with van der Waals surface area (Å²) in [5, 5.41) is 8.89. The van der Waals surface area contributed by atoms with Crippen LogP contribution in [0.2, 0.25) is 5.02 Å². The molecule has 0 aromatic heterocycles. The second-order valence-electron chi connectivity index (χ2n) is 5.10. The Morgan fingerprint density at radius 2 is 1.91 bits per heavy atom. The molecule has 3 rings (SSSR count). The highest BCUT2D eigenvalue weighted by Crippen LogP contribution is 2.32. The molecule has 0 spiro atoms. The van der Waals surface area contributed by atoms with E-state index in [4.69, 9.17) is 21.0 Å². The monoisotopic (exact) mass is 345 g/mol. The molecule has 0 unspecified atom stereocenters. The van der Waals surface area contributed by atoms with Crippen molar-refractivity contribution in [3.05, 3.63) is 69.1 Å². The van der Waals surface area contributed by atoms with Crippen LogP contribution < -0.4 is 4.18 Å². The van der Waals surface area contributed by atoms with E-state index in [-0.39, 0.29) is 15.7 Å². The van der Waals surface area contributed by atoms with E-state index in [0.717, 1.165) is 11.1 Å². The van der Waals surface area contributed by atoms with E-state index in [9.17, 15) is 8.42 Å². The van der Waals surface area contributed by atoms with Gasteiger partial charge in [0.25, 0.3) is 0 Å². The first-order chi connectivity index (χ1) is 11.0. The minimum Gasteiger partial charge on any atom is -0.378 e. The Balaban J connectivity index is 1.92. The first-order valence-corrected chi connectivity index (χ1v) is 8.71. The summed E-state index contributed by atoms with van der Waals surface area (Å²) in [4.78, 5) is 0.219. The first-order valence-electron chi connectivity index (χ1n) is 6.92. The maximum absolute atomic E-state index is 12.5. The van der Waals surface area contributed by atoms with Crippen LogP contribution >= 0.6 is 11.6 Å². The molecule has 0 amide bonds. The summed E-state index contributed by atoms with van der Waals surface area (Å²) in [6.07, 6.45) is 2.66. The summed E-state index contributed by atoms with van der Waals surface area (Å²) in [6.45, 7) is 0. The lowest BCUT2D eigenvalue weighted by Gasteiger charge is -2.17. The molecule has 116 valence electrons. The lowest BCUT2D eigenvalue weighted by molar-refractivity contribution is 0.492. The van der Waals surface area contributed by atoms with Crippen LogP contribution in [-0.4, -0.2) is 8.42 Å². The number of nitrogens with zero attached hydrogens (tertiary/aromatic N) is 1. The third-order valence-corrected chi connectivity index (χ3v) is 5.25. The molecule has 1 aliphatic carbocycles. The summed E-state index contributed by atoms with van der Waals surface area (Å²) in [6, 6.07) is 13.8. The molecule has 4 nitrogen and oxygen atoms in total. The van der Waals surface area contributed by atoms with Crippen LogP contribution in [-0.2, 0) is 16.5 Å². The molecule has 0 bridgehead atoms. The van der Waals surface area contributed by atoms with Gasteiger partial charge in [-0.05, 0) is 48.2 Å². The SMILES string of the molecule is N#Cc1ccc(OS(=O)(=O)C2=Cc3ccccc3CC2)c(Cl)c1. The van der Waals surface area contributed by atoms with Crippen molar-refractivity contribution in [2.45, 2.75) is 12.8 Å². The second kappa shape index (κ2) is 6.07. The molecule has 0 aliphatic heterocycles. The van der Waals surface area contributed by atoms with E-state index < -0.39 is 10.1 Å². The standard InChI is InChI=1S/C17H12ClNO3S/c18-16-9-12(11-19)5-8-17(16)22-23(20,21)15-7-6-13-3-1-2-4-14(13)10-15/h1-5,8-10H,6-7H2. The van der Waals surface area contributed by atoms with Gasteiger partial charge >= 0.3 is 10.1 Å². The maximum Gasteiger partial charge on any atom is 0.335 e. The molecule has 0 N–H and O–H groups in total. The van der Waals surface area contributed by atoms with E-state index in [1.54, 1.807) is 6.08 Å². The molecular weight excluding hydrogens is 334 g/mol. The lowest BCUT2D eigenvalue weighted by Crippen LogP contribution is -2.15. The van der Waals surface area contributed by atoms with Gasteiger partial charge < -0.3 is 4.18 Å². The fourth-order valence-electron chi connectivity index (χ4n) is 2.41. The Bertz CT molecular complexity index is 943. The summed E-state index contributed by atoms with van der Waals surface area (Å²) in [5.41, 5.74) is 2.33. The Hall–Kier alpha value is -2.29. The lowest BCUT2D eigenvalue weighted by atomic mass is 9.98. The smallest absolute Gasteiger partial charge is 0.335 e. The van der Waals surface area contributed by atoms with Crippen LogP contribution in [0.25, 0.3) is 6.08 Å². The highest BCUT2D eigenvalue weighted by Gasteiger charge is 2.24. The van der Waals surface area contributed by atoms with Gasteiger partial charge in [-0.15, -0.1) is 0 Å². The summed E-state index contributed by atoms with van der Waals surface area (Å²) in [5.74, 6) is 0.0189. The van der Waals surface area contributed by atoms with Gasteiger partial charge in [0.15, 0.2) is 5.75 Å². The fraction of sp³-hybridized carbons (Fsp3) is 0.118. The van der Waals surface area contributed by atoms with Crippen molar-refractivity contribution in [1.29, 1.82) is 5.26 Å². The average Bonchev–Trinajstić information content (AvgIpc) is 2.56. The van der Waals surface area contributed by atoms with Crippen molar-refractivity contribution in [2.24, 2.45) is 0 Å². The zero-order valence-electron chi connectivity index (χ0n) is 12.0. The molecule has 0 atom stereocenters. The van der Waals surface area contributed by atoms with Gasteiger partial charge in [0.2, 0.25) is 0 Å². The predicted molar refractivity (Wildman–Crippen MR) is 88.5 cm³/mol. The molecule has 6 heteroatoms. The molecule has 1 aliphatic rings. The zero-order chi connectivity index (χ0) is 16.4. The molecule has 2 aromatic carbocycles. The Morgan fingerprint density at radius 3 is 2.65 bits per heavy atom. The van der Waals surface area contributed by atoms with Crippen molar-refractivity contribution in [3.63, 3.8) is 0 Å². The van der Waals surface area contributed by atoms with Crippen molar-refractivity contribution in [1.82, 2.24) is 0 Å². The third-order valence-electron chi connectivity index (χ3n) is 3.59. The van der Waals surface area contributed by atoms with Gasteiger partial charge in [-0.2, -0.15) is 13.7 Å². The van der Waals surface area contributed by atoms with Crippen LogP contribution in [0.3, 0.4) is 0 Å². The molecule has 0 fully saturated rings. The van der Waals surface area contributed by atoms with Gasteiger partial charge in [-0.3, -0.25) is 0 Å². The van der Waals surface area contributed by atoms with E-state index in [1.165, 1.54) is 18.2 Å². The van der Waals surface area contributed by atoms with Crippen molar-refractivity contribution in [3.8, 4) is 11.8 Å². The highest BCUT2D eigenvalue weighted by atomic mass is 35.5. The zero-order valence-corrected chi connectivity index (χ0v) is 13.6. The second-order valence-corrected chi connectivity index (χ2v) is 7.11. The molecule has 2 aromatic rings. The van der Waals surface area contributed by atoms with Crippen LogP contribution in [0.5, 0.6) is 5.75 Å². The van der Waals surface area contributed by atoms with E-state index in [2.05, 4.69) is 0 Å². The number of nitriles is 1. The topological polar surface area (TPSA) is 67.2 Å². The molecule has 0 saturated heterocycles. The minimum absolute atomic E-state index is 0.0189. The van der Waals surface area contributed by atoms with Crippen LogP contribution in [0.1, 0.15) is 23.1 Å². The molecular formula is C17H12ClNO3S. The maximum atomic E-state index is 12.5. The van der Waals surface area contributed by atoms with Crippen LogP contribution in [0.15, 0.2) is 47.4 Å². The molecule has 0 heterocycles. The first kappa shape index (κ1) is 15.6. The summed E-state index contributed by atoms with van der Waals surface area (Å²) >= 11 is 5.97. The highest BCUT2D eigenvalue weighted by molar-refractivity contribution is 7.91. The Morgan fingerprint density at radius 1 is 1.13 bits per heavy atom. The largest absolute Gasteiger partial charge is 0.378 e. The van der Waals surface area contributed by atoms with Crippen molar-refractivity contribution >= 4 is 27.8 Å². The third kappa shape index (κ3) is 3.24. The number of rotatable bonds is 3. The number of allylic oxidation sites excluding steroid dienone is 1. The van der Waals surface area contributed by atoms with E-state index >= 15 is 0 Å². The Kier molecular flexibility index (Phi) is 4.12. The molecule has 0 saturated carbocycles. The predicted octanol–water partition coefficient (Wildman–Crippen LogP) is 3.91. The average molecular weight is 346 g/mol. The number of hydrogen-bond acceptors (Lipinski definition) is 4. The van der Waals surface area contributed by atoms with Gasteiger partial charge in [0.1, 0.15) is 0 Å². The van der Waals surface area contributed by atoms with Crippen molar-refractivity contribution in [2.75, 3.05) is 0 Å². The number of fused-ring (bicyclic) bond motifs is 1. The number of aryl methyl sites for hydroxylation is 1. The van der Waals surface area contributed by atoms with Gasteiger partial charge in [0.05, 0.1) is 21.6 Å². The molecule has 23 heavy (non-hydrogen) atoms. The summed E-state index contributed by atoms with van der Waals surface area (Å²) < 4.78 is 30.1. The normalized spacial score (nSPS) is 13.7. The number of hydrogen-bond donors (Lipinski definition) is 0. The quantitative estimate of drug-likeness (QED) is 0.791. The van der Waals surface area contributed by atoms with E-state index in [1.807, 2.05) is 30.3 Å². The van der Waals surface area contributed by atoms with E-state index in [0.29, 0.717) is 18.4 Å². The van der Waals surface area contributed by atoms with Gasteiger partial charge in [-0.25, -0.2) is 0 Å². The van der Waals surface area contributed by atoms with Crippen LogP contribution in [0.4, 0.5) is 0 Å². The molecule has 0 radical (unpaired) electrons. The fourth-order valence-corrected chi connectivity index (χ4v) is 3.79.